The van der Waals surface area contributed by atoms with Crippen molar-refractivity contribution in [2.45, 2.75) is 32.5 Å². The van der Waals surface area contributed by atoms with E-state index in [1.807, 2.05) is 43.3 Å². The van der Waals surface area contributed by atoms with Gasteiger partial charge in [-0.1, -0.05) is 30.3 Å². The van der Waals surface area contributed by atoms with E-state index in [9.17, 15) is 4.79 Å². The topological polar surface area (TPSA) is 74.2 Å². The van der Waals surface area contributed by atoms with Gasteiger partial charge in [-0.05, 0) is 29.7 Å². The first-order valence-corrected chi connectivity index (χ1v) is 7.77. The van der Waals surface area contributed by atoms with E-state index in [4.69, 9.17) is 5.11 Å². The molecule has 2 aromatic rings. The van der Waals surface area contributed by atoms with Gasteiger partial charge in [-0.15, -0.1) is 0 Å². The van der Waals surface area contributed by atoms with E-state index < -0.39 is 0 Å². The Kier molecular flexibility index (Phi) is 6.72. The van der Waals surface area contributed by atoms with Crippen LogP contribution >= 0.6 is 0 Å². The molecule has 0 aliphatic carbocycles. The molecule has 2 rings (SSSR count). The van der Waals surface area contributed by atoms with E-state index >= 15 is 0 Å². The molecular weight excluding hydrogens is 290 g/mol. The van der Waals surface area contributed by atoms with Crippen LogP contribution in [0.25, 0.3) is 0 Å². The quantitative estimate of drug-likeness (QED) is 0.696. The summed E-state index contributed by atoms with van der Waals surface area (Å²) in [7, 11) is 0. The summed E-state index contributed by atoms with van der Waals surface area (Å²) in [6.07, 6.45) is 3.88. The smallest absolute Gasteiger partial charge is 0.221 e. The van der Waals surface area contributed by atoms with E-state index in [0.717, 1.165) is 16.7 Å². The lowest BCUT2D eigenvalue weighted by atomic mass is 10.1. The van der Waals surface area contributed by atoms with E-state index in [2.05, 4.69) is 15.6 Å². The van der Waals surface area contributed by atoms with Crippen LogP contribution < -0.4 is 10.6 Å². The molecule has 23 heavy (non-hydrogen) atoms. The Hall–Kier alpha value is -2.24. The predicted octanol–water partition coefficient (Wildman–Crippen LogP) is 1.93. The molecule has 1 amide bonds. The van der Waals surface area contributed by atoms with Gasteiger partial charge in [-0.2, -0.15) is 0 Å². The molecule has 0 radical (unpaired) electrons. The molecule has 1 aromatic carbocycles. The van der Waals surface area contributed by atoms with Crippen LogP contribution in [0.2, 0.25) is 0 Å². The molecule has 0 spiro atoms. The van der Waals surface area contributed by atoms with Crippen LogP contribution in [0.3, 0.4) is 0 Å². The highest BCUT2D eigenvalue weighted by Gasteiger charge is 2.07. The summed E-state index contributed by atoms with van der Waals surface area (Å²) in [6, 6.07) is 11.7. The number of nitrogens with zero attached hydrogens (tertiary/aromatic N) is 1. The summed E-state index contributed by atoms with van der Waals surface area (Å²) in [5.74, 6) is 0.0117. The lowest BCUT2D eigenvalue weighted by Crippen LogP contribution is -2.28. The zero-order chi connectivity index (χ0) is 16.5. The minimum atomic E-state index is 0.0117. The van der Waals surface area contributed by atoms with Gasteiger partial charge in [0.15, 0.2) is 0 Å². The molecule has 3 N–H and O–H groups in total. The van der Waals surface area contributed by atoms with Crippen LogP contribution in [-0.2, 0) is 17.9 Å². The largest absolute Gasteiger partial charge is 0.392 e. The summed E-state index contributed by atoms with van der Waals surface area (Å²) in [5.41, 5.74) is 2.99. The number of aromatic nitrogens is 1. The van der Waals surface area contributed by atoms with Crippen molar-refractivity contribution in [3.63, 3.8) is 0 Å². The van der Waals surface area contributed by atoms with Gasteiger partial charge >= 0.3 is 0 Å². The second-order valence-electron chi connectivity index (χ2n) is 5.47. The Morgan fingerprint density at radius 2 is 2.09 bits per heavy atom. The van der Waals surface area contributed by atoms with Gasteiger partial charge in [0, 0.05) is 37.9 Å². The maximum atomic E-state index is 11.8. The minimum Gasteiger partial charge on any atom is -0.392 e. The van der Waals surface area contributed by atoms with Crippen LogP contribution in [-0.4, -0.2) is 22.5 Å². The van der Waals surface area contributed by atoms with Crippen molar-refractivity contribution >= 4 is 5.91 Å². The molecule has 0 aliphatic rings. The summed E-state index contributed by atoms with van der Waals surface area (Å²) in [6.45, 7) is 3.19. The number of hydrogen-bond donors (Lipinski definition) is 3. The van der Waals surface area contributed by atoms with Gasteiger partial charge in [-0.25, -0.2) is 0 Å². The third-order valence-electron chi connectivity index (χ3n) is 3.65. The molecule has 1 unspecified atom stereocenters. The van der Waals surface area contributed by atoms with Crippen LogP contribution in [0.5, 0.6) is 0 Å². The average molecular weight is 313 g/mol. The van der Waals surface area contributed by atoms with E-state index in [1.54, 1.807) is 12.4 Å². The highest BCUT2D eigenvalue weighted by Crippen LogP contribution is 2.14. The fourth-order valence-corrected chi connectivity index (χ4v) is 2.27. The summed E-state index contributed by atoms with van der Waals surface area (Å²) in [5, 5.41) is 15.4. The lowest BCUT2D eigenvalue weighted by molar-refractivity contribution is -0.121. The first-order valence-electron chi connectivity index (χ1n) is 7.77. The molecule has 1 heterocycles. The van der Waals surface area contributed by atoms with Gasteiger partial charge in [0.25, 0.3) is 0 Å². The first kappa shape index (κ1) is 17.1. The van der Waals surface area contributed by atoms with E-state index in [0.29, 0.717) is 19.5 Å². The van der Waals surface area contributed by atoms with Gasteiger partial charge in [-0.3, -0.25) is 9.78 Å². The highest BCUT2D eigenvalue weighted by molar-refractivity contribution is 5.76. The lowest BCUT2D eigenvalue weighted by Gasteiger charge is -2.15. The first-order chi connectivity index (χ1) is 11.2. The van der Waals surface area contributed by atoms with Crippen LogP contribution in [0.1, 0.15) is 36.1 Å². The van der Waals surface area contributed by atoms with Crippen molar-refractivity contribution in [3.05, 3.63) is 65.5 Å². The average Bonchev–Trinajstić information content (AvgIpc) is 2.60. The number of hydrogen-bond acceptors (Lipinski definition) is 4. The predicted molar refractivity (Wildman–Crippen MR) is 89.5 cm³/mol. The standard InChI is InChI=1S/C18H23N3O2/c1-14(17-6-2-4-15(10-17)13-22)20-9-7-18(23)21-12-16-5-3-8-19-11-16/h2-6,8,10-11,14,20,22H,7,9,12-13H2,1H3,(H,21,23). The Labute approximate surface area is 136 Å². The zero-order valence-corrected chi connectivity index (χ0v) is 13.3. The van der Waals surface area contributed by atoms with Crippen molar-refractivity contribution in [1.82, 2.24) is 15.6 Å². The second kappa shape index (κ2) is 9.02. The van der Waals surface area contributed by atoms with Crippen LogP contribution in [0.15, 0.2) is 48.8 Å². The molecule has 0 bridgehead atoms. The monoisotopic (exact) mass is 313 g/mol. The number of aliphatic hydroxyl groups excluding tert-OH is 1. The van der Waals surface area contributed by atoms with E-state index in [1.165, 1.54) is 0 Å². The molecule has 122 valence electrons. The molecule has 1 atom stereocenters. The number of carbonyl (C=O) groups excluding carboxylic acids is 1. The molecule has 0 fully saturated rings. The number of rotatable bonds is 8. The molecular formula is C18H23N3O2. The third-order valence-corrected chi connectivity index (χ3v) is 3.65. The SMILES string of the molecule is CC(NCCC(=O)NCc1cccnc1)c1cccc(CO)c1. The molecule has 0 saturated heterocycles. The normalized spacial score (nSPS) is 11.9. The number of aliphatic hydroxyl groups is 1. The van der Waals surface area contributed by atoms with Crippen molar-refractivity contribution in [1.29, 1.82) is 0 Å². The third kappa shape index (κ3) is 5.81. The van der Waals surface area contributed by atoms with Gasteiger partial charge in [0.05, 0.1) is 6.61 Å². The fraction of sp³-hybridized carbons (Fsp3) is 0.333. The van der Waals surface area contributed by atoms with Crippen LogP contribution in [0, 0.1) is 0 Å². The van der Waals surface area contributed by atoms with Gasteiger partial charge in [0.2, 0.25) is 5.91 Å². The zero-order valence-electron chi connectivity index (χ0n) is 13.3. The number of benzene rings is 1. The Morgan fingerprint density at radius 1 is 1.26 bits per heavy atom. The minimum absolute atomic E-state index is 0.0117. The maximum absolute atomic E-state index is 11.8. The highest BCUT2D eigenvalue weighted by atomic mass is 16.3. The van der Waals surface area contributed by atoms with Crippen molar-refractivity contribution < 1.29 is 9.90 Å². The van der Waals surface area contributed by atoms with Crippen molar-refractivity contribution in [2.75, 3.05) is 6.54 Å². The van der Waals surface area contributed by atoms with Gasteiger partial charge in [0.1, 0.15) is 0 Å². The number of carbonyl (C=O) groups is 1. The number of nitrogens with one attached hydrogen (secondary N) is 2. The van der Waals surface area contributed by atoms with Crippen molar-refractivity contribution in [2.24, 2.45) is 0 Å². The fourth-order valence-electron chi connectivity index (χ4n) is 2.27. The maximum Gasteiger partial charge on any atom is 0.221 e. The molecule has 0 aliphatic heterocycles. The van der Waals surface area contributed by atoms with Crippen LogP contribution in [0.4, 0.5) is 0 Å². The molecule has 0 saturated carbocycles. The Morgan fingerprint density at radius 3 is 2.83 bits per heavy atom. The molecule has 1 aromatic heterocycles. The molecule has 5 heteroatoms. The summed E-state index contributed by atoms with van der Waals surface area (Å²) in [4.78, 5) is 15.8. The molecule has 5 nitrogen and oxygen atoms in total. The number of amides is 1. The Balaban J connectivity index is 1.70. The number of pyridine rings is 1. The second-order valence-corrected chi connectivity index (χ2v) is 5.47. The van der Waals surface area contributed by atoms with Gasteiger partial charge < -0.3 is 15.7 Å². The summed E-state index contributed by atoms with van der Waals surface area (Å²) >= 11 is 0. The summed E-state index contributed by atoms with van der Waals surface area (Å²) < 4.78 is 0. The van der Waals surface area contributed by atoms with Crippen molar-refractivity contribution in [3.8, 4) is 0 Å². The Bertz CT molecular complexity index is 617. The van der Waals surface area contributed by atoms with E-state index in [-0.39, 0.29) is 18.6 Å².